The van der Waals surface area contributed by atoms with E-state index in [1.165, 1.54) is 12.1 Å². The fraction of sp³-hybridized carbons (Fsp3) is 0.182. The highest BCUT2D eigenvalue weighted by atomic mass is 19.4. The number of aromatic nitrogens is 2. The van der Waals surface area contributed by atoms with E-state index in [4.69, 9.17) is 5.73 Å². The molecule has 90 valence electrons. The second-order valence-corrected chi connectivity index (χ2v) is 3.63. The van der Waals surface area contributed by atoms with Crippen molar-refractivity contribution in [3.63, 3.8) is 0 Å². The van der Waals surface area contributed by atoms with Gasteiger partial charge in [0, 0.05) is 5.69 Å². The van der Waals surface area contributed by atoms with Crippen LogP contribution in [-0.2, 0) is 6.18 Å². The zero-order valence-corrected chi connectivity index (χ0v) is 8.99. The van der Waals surface area contributed by atoms with Crippen molar-refractivity contribution < 1.29 is 13.2 Å². The van der Waals surface area contributed by atoms with Crippen LogP contribution in [0, 0.1) is 6.92 Å². The molecule has 0 bridgehead atoms. The number of hydrogen-bond acceptors (Lipinski definition) is 2. The smallest absolute Gasteiger partial charge is 0.382 e. The van der Waals surface area contributed by atoms with Crippen LogP contribution in [0.5, 0.6) is 0 Å². The van der Waals surface area contributed by atoms with Crippen molar-refractivity contribution in [1.82, 2.24) is 9.55 Å². The second kappa shape index (κ2) is 3.80. The summed E-state index contributed by atoms with van der Waals surface area (Å²) in [6.45, 7) is 1.73. The maximum Gasteiger partial charge on any atom is 0.416 e. The van der Waals surface area contributed by atoms with Crippen LogP contribution in [0.2, 0.25) is 0 Å². The first kappa shape index (κ1) is 11.5. The topological polar surface area (TPSA) is 43.8 Å². The van der Waals surface area contributed by atoms with Gasteiger partial charge < -0.3 is 10.3 Å². The van der Waals surface area contributed by atoms with Gasteiger partial charge in [-0.1, -0.05) is 0 Å². The molecule has 1 heterocycles. The number of hydrogen-bond donors (Lipinski definition) is 1. The number of aryl methyl sites for hydroxylation is 1. The summed E-state index contributed by atoms with van der Waals surface area (Å²) in [6.07, 6.45) is -2.75. The van der Waals surface area contributed by atoms with Crippen LogP contribution < -0.4 is 5.73 Å². The maximum atomic E-state index is 12.4. The molecule has 0 aliphatic rings. The Kier molecular flexibility index (Phi) is 2.57. The first-order chi connectivity index (χ1) is 7.88. The van der Waals surface area contributed by atoms with E-state index in [9.17, 15) is 13.2 Å². The van der Waals surface area contributed by atoms with Crippen molar-refractivity contribution >= 4 is 5.82 Å². The quantitative estimate of drug-likeness (QED) is 0.834. The van der Waals surface area contributed by atoms with Crippen molar-refractivity contribution in [2.75, 3.05) is 5.73 Å². The van der Waals surface area contributed by atoms with Gasteiger partial charge in [-0.15, -0.1) is 0 Å². The number of rotatable bonds is 1. The van der Waals surface area contributed by atoms with Crippen molar-refractivity contribution in [1.29, 1.82) is 0 Å². The number of benzene rings is 1. The molecule has 0 spiro atoms. The Morgan fingerprint density at radius 2 is 1.76 bits per heavy atom. The lowest BCUT2D eigenvalue weighted by molar-refractivity contribution is -0.137. The Balaban J connectivity index is 2.39. The second-order valence-electron chi connectivity index (χ2n) is 3.63. The first-order valence-corrected chi connectivity index (χ1v) is 4.87. The van der Waals surface area contributed by atoms with Gasteiger partial charge in [0.25, 0.3) is 0 Å². The van der Waals surface area contributed by atoms with Gasteiger partial charge in [0.2, 0.25) is 0 Å². The lowest BCUT2D eigenvalue weighted by Crippen LogP contribution is -2.05. The number of nitrogens with two attached hydrogens (primary N) is 1. The average Bonchev–Trinajstić information content (AvgIpc) is 2.57. The van der Waals surface area contributed by atoms with Crippen LogP contribution in [0.25, 0.3) is 5.69 Å². The Labute approximate surface area is 95.7 Å². The molecule has 0 atom stereocenters. The third kappa shape index (κ3) is 2.25. The largest absolute Gasteiger partial charge is 0.416 e. The summed E-state index contributed by atoms with van der Waals surface area (Å²) >= 11 is 0. The molecule has 0 saturated heterocycles. The third-order valence-electron chi connectivity index (χ3n) is 2.37. The lowest BCUT2D eigenvalue weighted by atomic mass is 10.2. The summed E-state index contributed by atoms with van der Waals surface area (Å²) in [7, 11) is 0. The van der Waals surface area contributed by atoms with E-state index in [-0.39, 0.29) is 0 Å². The fourth-order valence-electron chi connectivity index (χ4n) is 1.57. The minimum Gasteiger partial charge on any atom is -0.382 e. The number of imidazole rings is 1. The van der Waals surface area contributed by atoms with E-state index in [2.05, 4.69) is 4.98 Å². The number of nitrogens with zero attached hydrogens (tertiary/aromatic N) is 2. The molecule has 1 aromatic heterocycles. The molecule has 0 saturated carbocycles. The number of halogens is 3. The molecule has 0 aliphatic heterocycles. The zero-order chi connectivity index (χ0) is 12.6. The van der Waals surface area contributed by atoms with Crippen molar-refractivity contribution in [3.05, 3.63) is 41.9 Å². The van der Waals surface area contributed by atoms with Crippen molar-refractivity contribution in [2.45, 2.75) is 13.1 Å². The SMILES string of the molecule is Cc1nc(N)cn1-c1ccc(C(F)(F)F)cc1. The average molecular weight is 241 g/mol. The molecular formula is C11H10F3N3. The molecule has 1 aromatic carbocycles. The third-order valence-corrected chi connectivity index (χ3v) is 2.37. The summed E-state index contributed by atoms with van der Waals surface area (Å²) in [4.78, 5) is 3.98. The monoisotopic (exact) mass is 241 g/mol. The van der Waals surface area contributed by atoms with Gasteiger partial charge in [-0.2, -0.15) is 13.2 Å². The van der Waals surface area contributed by atoms with Crippen LogP contribution in [-0.4, -0.2) is 9.55 Å². The molecule has 17 heavy (non-hydrogen) atoms. The molecular weight excluding hydrogens is 231 g/mol. The highest BCUT2D eigenvalue weighted by Crippen LogP contribution is 2.29. The summed E-state index contributed by atoms with van der Waals surface area (Å²) in [5.41, 5.74) is 5.43. The zero-order valence-electron chi connectivity index (χ0n) is 8.99. The van der Waals surface area contributed by atoms with Crippen molar-refractivity contribution in [3.8, 4) is 5.69 Å². The molecule has 0 aliphatic carbocycles. The van der Waals surface area contributed by atoms with Gasteiger partial charge in [0.05, 0.1) is 11.8 Å². The van der Waals surface area contributed by atoms with Crippen LogP contribution in [0.4, 0.5) is 19.0 Å². The van der Waals surface area contributed by atoms with Gasteiger partial charge in [0.15, 0.2) is 0 Å². The standard InChI is InChI=1S/C11H10F3N3/c1-7-16-10(15)6-17(7)9-4-2-8(3-5-9)11(12,13)14/h2-6H,15H2,1H3. The van der Waals surface area contributed by atoms with Crippen LogP contribution >= 0.6 is 0 Å². The van der Waals surface area contributed by atoms with Gasteiger partial charge in [-0.25, -0.2) is 4.98 Å². The first-order valence-electron chi connectivity index (χ1n) is 4.87. The number of alkyl halides is 3. The maximum absolute atomic E-state index is 12.4. The van der Waals surface area contributed by atoms with Gasteiger partial charge >= 0.3 is 6.18 Å². The van der Waals surface area contributed by atoms with Gasteiger partial charge in [-0.3, -0.25) is 0 Å². The van der Waals surface area contributed by atoms with Crippen molar-refractivity contribution in [2.24, 2.45) is 0 Å². The molecule has 2 aromatic rings. The predicted octanol–water partition coefficient (Wildman–Crippen LogP) is 2.78. The number of anilines is 1. The van der Waals surface area contributed by atoms with E-state index >= 15 is 0 Å². The summed E-state index contributed by atoms with van der Waals surface area (Å²) in [5.74, 6) is 0.963. The Morgan fingerprint density at radius 1 is 1.18 bits per heavy atom. The van der Waals surface area contributed by atoms with E-state index in [0.717, 1.165) is 12.1 Å². The number of nitrogen functional groups attached to an aromatic ring is 1. The molecule has 3 nitrogen and oxygen atoms in total. The summed E-state index contributed by atoms with van der Waals surface area (Å²) < 4.78 is 38.7. The highest BCUT2D eigenvalue weighted by Gasteiger charge is 2.30. The molecule has 6 heteroatoms. The van der Waals surface area contributed by atoms with E-state index in [1.807, 2.05) is 0 Å². The van der Waals surface area contributed by atoms with Crippen LogP contribution in [0.15, 0.2) is 30.5 Å². The fourth-order valence-corrected chi connectivity index (χ4v) is 1.57. The molecule has 0 fully saturated rings. The molecule has 0 radical (unpaired) electrons. The highest BCUT2D eigenvalue weighted by molar-refractivity contribution is 5.40. The Bertz CT molecular complexity index is 526. The van der Waals surface area contributed by atoms with E-state index in [0.29, 0.717) is 17.3 Å². The minimum atomic E-state index is -4.32. The summed E-state index contributed by atoms with van der Waals surface area (Å²) in [5, 5.41) is 0. The normalized spacial score (nSPS) is 11.8. The Morgan fingerprint density at radius 3 is 2.18 bits per heavy atom. The van der Waals surface area contributed by atoms with Crippen LogP contribution in [0.1, 0.15) is 11.4 Å². The molecule has 0 unspecified atom stereocenters. The van der Waals surface area contributed by atoms with Gasteiger partial charge in [0.1, 0.15) is 11.6 Å². The molecule has 2 rings (SSSR count). The molecule has 0 amide bonds. The summed E-state index contributed by atoms with van der Waals surface area (Å²) in [6, 6.07) is 4.84. The molecule has 2 N–H and O–H groups in total. The predicted molar refractivity (Wildman–Crippen MR) is 57.7 cm³/mol. The van der Waals surface area contributed by atoms with Gasteiger partial charge in [-0.05, 0) is 31.2 Å². The minimum absolute atomic E-state index is 0.336. The van der Waals surface area contributed by atoms with E-state index in [1.54, 1.807) is 17.7 Å². The van der Waals surface area contributed by atoms with E-state index < -0.39 is 11.7 Å². The Hall–Kier alpha value is -1.98. The lowest BCUT2D eigenvalue weighted by Gasteiger charge is -2.08. The van der Waals surface area contributed by atoms with Crippen LogP contribution in [0.3, 0.4) is 0 Å².